The van der Waals surface area contributed by atoms with Crippen LogP contribution in [0.5, 0.6) is 0 Å². The van der Waals surface area contributed by atoms with E-state index >= 15 is 0 Å². The molecule has 0 aromatic heterocycles. The van der Waals surface area contributed by atoms with Crippen molar-refractivity contribution >= 4 is 12.0 Å². The van der Waals surface area contributed by atoms with Crippen LogP contribution >= 0.6 is 12.0 Å². The van der Waals surface area contributed by atoms with E-state index in [1.54, 1.807) is 0 Å². The number of alkyl halides is 2. The number of hydrogen-bond donors (Lipinski definition) is 0. The van der Waals surface area contributed by atoms with Crippen LogP contribution in [-0.4, -0.2) is 12.5 Å². The summed E-state index contributed by atoms with van der Waals surface area (Å²) in [5.74, 6) is -2.39. The zero-order chi connectivity index (χ0) is 10.7. The second kappa shape index (κ2) is 4.66. The van der Waals surface area contributed by atoms with Crippen molar-refractivity contribution in [3.63, 3.8) is 0 Å². The van der Waals surface area contributed by atoms with E-state index in [9.17, 15) is 8.78 Å². The molecule has 0 unspecified atom stereocenters. The van der Waals surface area contributed by atoms with Gasteiger partial charge in [-0.3, -0.25) is 0 Å². The van der Waals surface area contributed by atoms with Gasteiger partial charge in [-0.1, -0.05) is 18.2 Å². The Labute approximate surface area is 92.8 Å². The van der Waals surface area contributed by atoms with Gasteiger partial charge in [0.15, 0.2) is 0 Å². The van der Waals surface area contributed by atoms with E-state index in [-0.39, 0.29) is 18.8 Å². The molecule has 4 heteroatoms. The average Bonchev–Trinajstić information content (AvgIpc) is 2.16. The molecule has 2 aliphatic rings. The summed E-state index contributed by atoms with van der Waals surface area (Å²) < 4.78 is 30.3. The SMILES string of the molecule is FC1(F)CC(COSC2=CCCC=C2)C1. The normalized spacial score (nSPS) is 24.8. The van der Waals surface area contributed by atoms with Gasteiger partial charge in [0.2, 0.25) is 5.92 Å². The van der Waals surface area contributed by atoms with Crippen molar-refractivity contribution in [3.05, 3.63) is 23.1 Å². The lowest BCUT2D eigenvalue weighted by atomic mass is 9.82. The molecule has 0 amide bonds. The summed E-state index contributed by atoms with van der Waals surface area (Å²) in [6.45, 7) is 0.436. The van der Waals surface area contributed by atoms with E-state index in [1.165, 1.54) is 12.0 Å². The molecule has 1 nitrogen and oxygen atoms in total. The Hall–Kier alpha value is -0.350. The highest BCUT2D eigenvalue weighted by molar-refractivity contribution is 7.98. The predicted octanol–water partition coefficient (Wildman–Crippen LogP) is 3.93. The summed E-state index contributed by atoms with van der Waals surface area (Å²) >= 11 is 1.30. The van der Waals surface area contributed by atoms with Crippen LogP contribution in [-0.2, 0) is 4.18 Å². The lowest BCUT2D eigenvalue weighted by molar-refractivity contribution is -0.117. The van der Waals surface area contributed by atoms with E-state index < -0.39 is 5.92 Å². The third-order valence-corrected chi connectivity index (χ3v) is 3.34. The van der Waals surface area contributed by atoms with Gasteiger partial charge in [0.05, 0.1) is 6.61 Å². The van der Waals surface area contributed by atoms with Crippen molar-refractivity contribution in [3.8, 4) is 0 Å². The first-order chi connectivity index (χ1) is 7.16. The second-order valence-corrected chi connectivity index (χ2v) is 4.96. The quantitative estimate of drug-likeness (QED) is 0.679. The largest absolute Gasteiger partial charge is 0.310 e. The van der Waals surface area contributed by atoms with Gasteiger partial charge in [0.25, 0.3) is 0 Å². The summed E-state index contributed by atoms with van der Waals surface area (Å²) in [6.07, 6.45) is 8.33. The third kappa shape index (κ3) is 3.31. The minimum Gasteiger partial charge on any atom is -0.310 e. The van der Waals surface area contributed by atoms with Gasteiger partial charge < -0.3 is 4.18 Å². The first kappa shape index (κ1) is 11.1. The molecule has 0 saturated heterocycles. The fraction of sp³-hybridized carbons (Fsp3) is 0.636. The zero-order valence-electron chi connectivity index (χ0n) is 8.42. The molecule has 0 radical (unpaired) electrons. The Morgan fingerprint density at radius 2 is 2.20 bits per heavy atom. The molecule has 0 heterocycles. The standard InChI is InChI=1S/C11H14F2OS/c12-11(13)6-9(7-11)8-14-15-10-4-2-1-3-5-10/h2,4-5,9H,1,3,6-8H2. The van der Waals surface area contributed by atoms with Crippen LogP contribution in [0.1, 0.15) is 25.7 Å². The fourth-order valence-electron chi connectivity index (χ4n) is 1.75. The molecule has 1 fully saturated rings. The first-order valence-electron chi connectivity index (χ1n) is 5.20. The monoisotopic (exact) mass is 232 g/mol. The maximum atomic E-state index is 12.5. The maximum absolute atomic E-state index is 12.5. The van der Waals surface area contributed by atoms with Gasteiger partial charge in [0.1, 0.15) is 0 Å². The van der Waals surface area contributed by atoms with E-state index in [0.29, 0.717) is 6.61 Å². The minimum absolute atomic E-state index is 0.0115. The molecule has 0 atom stereocenters. The molecule has 2 rings (SSSR count). The van der Waals surface area contributed by atoms with Crippen LogP contribution < -0.4 is 0 Å². The van der Waals surface area contributed by atoms with Gasteiger partial charge in [0, 0.05) is 29.8 Å². The van der Waals surface area contributed by atoms with Gasteiger partial charge in [-0.15, -0.1) is 0 Å². The van der Waals surface area contributed by atoms with Crippen LogP contribution in [0.25, 0.3) is 0 Å². The Balaban J connectivity index is 1.60. The topological polar surface area (TPSA) is 9.23 Å². The van der Waals surface area contributed by atoms with Crippen LogP contribution in [0.15, 0.2) is 23.1 Å². The van der Waals surface area contributed by atoms with Crippen LogP contribution in [0.2, 0.25) is 0 Å². The van der Waals surface area contributed by atoms with Crippen LogP contribution in [0.3, 0.4) is 0 Å². The number of rotatable bonds is 4. The van der Waals surface area contributed by atoms with Crippen LogP contribution in [0.4, 0.5) is 8.78 Å². The van der Waals surface area contributed by atoms with Crippen molar-refractivity contribution < 1.29 is 13.0 Å². The Morgan fingerprint density at radius 3 is 2.80 bits per heavy atom. The van der Waals surface area contributed by atoms with E-state index in [4.69, 9.17) is 4.18 Å². The maximum Gasteiger partial charge on any atom is 0.248 e. The number of allylic oxidation sites excluding steroid dienone is 3. The Kier molecular flexibility index (Phi) is 3.46. The molecule has 0 N–H and O–H groups in total. The fourth-order valence-corrected chi connectivity index (χ4v) is 2.49. The minimum atomic E-state index is -2.43. The molecule has 15 heavy (non-hydrogen) atoms. The lowest BCUT2D eigenvalue weighted by Gasteiger charge is -2.34. The molecule has 84 valence electrons. The van der Waals surface area contributed by atoms with Gasteiger partial charge >= 0.3 is 0 Å². The lowest BCUT2D eigenvalue weighted by Crippen LogP contribution is -2.37. The van der Waals surface area contributed by atoms with Crippen LogP contribution in [0, 0.1) is 5.92 Å². The summed E-state index contributed by atoms with van der Waals surface area (Å²) in [6, 6.07) is 0. The smallest absolute Gasteiger partial charge is 0.248 e. The average molecular weight is 232 g/mol. The predicted molar refractivity (Wildman–Crippen MR) is 57.7 cm³/mol. The molecule has 0 aromatic rings. The van der Waals surface area contributed by atoms with Gasteiger partial charge in [-0.2, -0.15) is 0 Å². The molecule has 0 bridgehead atoms. The summed E-state index contributed by atoms with van der Waals surface area (Å²) in [5, 5.41) is 0. The van der Waals surface area contributed by atoms with Crippen molar-refractivity contribution in [2.75, 3.05) is 6.61 Å². The zero-order valence-corrected chi connectivity index (χ0v) is 9.23. The summed E-state index contributed by atoms with van der Waals surface area (Å²) in [7, 11) is 0. The van der Waals surface area contributed by atoms with Crippen molar-refractivity contribution in [1.29, 1.82) is 0 Å². The van der Waals surface area contributed by atoms with Gasteiger partial charge in [-0.25, -0.2) is 8.78 Å². The highest BCUT2D eigenvalue weighted by Gasteiger charge is 2.45. The number of hydrogen-bond acceptors (Lipinski definition) is 2. The molecular weight excluding hydrogens is 218 g/mol. The Morgan fingerprint density at radius 1 is 1.40 bits per heavy atom. The molecule has 0 spiro atoms. The number of halogens is 2. The molecule has 2 aliphatic carbocycles. The van der Waals surface area contributed by atoms with E-state index in [2.05, 4.69) is 12.2 Å². The van der Waals surface area contributed by atoms with Crippen molar-refractivity contribution in [2.24, 2.45) is 5.92 Å². The second-order valence-electron chi connectivity index (χ2n) is 4.08. The highest BCUT2D eigenvalue weighted by Crippen LogP contribution is 2.43. The van der Waals surface area contributed by atoms with Gasteiger partial charge in [-0.05, 0) is 18.8 Å². The molecule has 0 aromatic carbocycles. The third-order valence-electron chi connectivity index (χ3n) is 2.59. The molecule has 0 aliphatic heterocycles. The van der Waals surface area contributed by atoms with E-state index in [0.717, 1.165) is 17.7 Å². The Bertz CT molecular complexity index is 278. The van der Waals surface area contributed by atoms with Crippen molar-refractivity contribution in [1.82, 2.24) is 0 Å². The van der Waals surface area contributed by atoms with Crippen molar-refractivity contribution in [2.45, 2.75) is 31.6 Å². The first-order valence-corrected chi connectivity index (χ1v) is 5.94. The summed E-state index contributed by atoms with van der Waals surface area (Å²) in [5.41, 5.74) is 0. The summed E-state index contributed by atoms with van der Waals surface area (Å²) in [4.78, 5) is 1.09. The van der Waals surface area contributed by atoms with E-state index in [1.807, 2.05) is 6.08 Å². The molecular formula is C11H14F2OS. The molecule has 1 saturated carbocycles. The highest BCUT2D eigenvalue weighted by atomic mass is 32.2.